The average Bonchev–Trinajstić information content (AvgIpc) is 2.66. The van der Waals surface area contributed by atoms with Crippen molar-refractivity contribution < 1.29 is 4.74 Å². The Kier molecular flexibility index (Phi) is 5.06. The Bertz CT molecular complexity index is 656. The third-order valence-corrected chi connectivity index (χ3v) is 5.35. The summed E-state index contributed by atoms with van der Waals surface area (Å²) < 4.78 is 6.28. The van der Waals surface area contributed by atoms with Gasteiger partial charge in [-0.3, -0.25) is 19.8 Å². The normalized spacial score (nSPS) is 21.4. The van der Waals surface area contributed by atoms with Crippen LogP contribution < -0.4 is 0 Å². The first kappa shape index (κ1) is 16.6. The molecular weight excluding hydrogens is 312 g/mol. The number of aromatic nitrogens is 2. The van der Waals surface area contributed by atoms with E-state index in [-0.39, 0.29) is 5.60 Å². The Hall–Kier alpha value is -1.82. The summed E-state index contributed by atoms with van der Waals surface area (Å²) in [7, 11) is 0. The number of hydrogen-bond donors (Lipinski definition) is 0. The highest BCUT2D eigenvalue weighted by Gasteiger charge is 2.39. The fraction of sp³-hybridized carbons (Fsp3) is 0.500. The summed E-state index contributed by atoms with van der Waals surface area (Å²) in [6.45, 7) is 7.02. The molecule has 0 bridgehead atoms. The highest BCUT2D eigenvalue weighted by Crippen LogP contribution is 2.31. The van der Waals surface area contributed by atoms with Crippen LogP contribution in [0.4, 0.5) is 0 Å². The van der Waals surface area contributed by atoms with E-state index in [0.29, 0.717) is 0 Å². The van der Waals surface area contributed by atoms with Gasteiger partial charge in [0.2, 0.25) is 0 Å². The first-order valence-electron chi connectivity index (χ1n) is 9.18. The molecule has 4 heterocycles. The van der Waals surface area contributed by atoms with E-state index in [0.717, 1.165) is 58.7 Å². The van der Waals surface area contributed by atoms with Crippen molar-refractivity contribution in [2.75, 3.05) is 32.8 Å². The molecule has 0 amide bonds. The van der Waals surface area contributed by atoms with Gasteiger partial charge in [-0.05, 0) is 36.1 Å². The smallest absolute Gasteiger partial charge is 0.0833 e. The monoisotopic (exact) mass is 338 g/mol. The zero-order valence-corrected chi connectivity index (χ0v) is 14.7. The zero-order chi connectivity index (χ0) is 17.0. The van der Waals surface area contributed by atoms with Crippen molar-refractivity contribution in [1.29, 1.82) is 0 Å². The molecule has 0 aromatic carbocycles. The van der Waals surface area contributed by atoms with Crippen LogP contribution in [0.5, 0.6) is 0 Å². The fourth-order valence-electron chi connectivity index (χ4n) is 3.98. The molecule has 4 rings (SSSR count). The Labute approximate surface area is 149 Å². The number of likely N-dealkylation sites (tertiary alicyclic amines) is 1. The van der Waals surface area contributed by atoms with Gasteiger partial charge in [-0.1, -0.05) is 12.1 Å². The number of nitrogens with zero attached hydrogens (tertiary/aromatic N) is 4. The lowest BCUT2D eigenvalue weighted by molar-refractivity contribution is -0.138. The van der Waals surface area contributed by atoms with E-state index in [2.05, 4.69) is 31.9 Å². The van der Waals surface area contributed by atoms with Crippen molar-refractivity contribution >= 4 is 0 Å². The minimum absolute atomic E-state index is 0.0336. The molecule has 0 aliphatic carbocycles. The molecule has 2 saturated heterocycles. The van der Waals surface area contributed by atoms with Gasteiger partial charge in [-0.2, -0.15) is 0 Å². The Balaban J connectivity index is 1.32. The molecule has 2 aromatic heterocycles. The second kappa shape index (κ2) is 7.60. The first-order chi connectivity index (χ1) is 12.3. The lowest BCUT2D eigenvalue weighted by Gasteiger charge is -2.47. The number of pyridine rings is 2. The quantitative estimate of drug-likeness (QED) is 0.856. The van der Waals surface area contributed by atoms with Crippen LogP contribution in [0, 0.1) is 0 Å². The van der Waals surface area contributed by atoms with Crippen LogP contribution in [0.15, 0.2) is 49.1 Å². The molecule has 132 valence electrons. The summed E-state index contributed by atoms with van der Waals surface area (Å²) in [6, 6.07) is 8.35. The molecule has 2 aromatic rings. The molecule has 0 N–H and O–H groups in total. The molecule has 0 atom stereocenters. The minimum atomic E-state index is 0.0336. The minimum Gasteiger partial charge on any atom is -0.372 e. The van der Waals surface area contributed by atoms with Gasteiger partial charge in [0.1, 0.15) is 0 Å². The first-order valence-corrected chi connectivity index (χ1v) is 9.18. The molecule has 0 saturated carbocycles. The number of hydrogen-bond acceptors (Lipinski definition) is 5. The summed E-state index contributed by atoms with van der Waals surface area (Å²) in [5.74, 6) is 0. The maximum absolute atomic E-state index is 6.28. The highest BCUT2D eigenvalue weighted by molar-refractivity contribution is 5.10. The standard InChI is InChI=1S/C20H26N4O/c1-3-18(13-21-7-1)15-23-9-5-20(6-10-23)17-24(11-12-25-20)16-19-4-2-8-22-14-19/h1-4,7-8,13-14H,5-6,9-12,15-17H2. The lowest BCUT2D eigenvalue weighted by atomic mass is 9.89. The van der Waals surface area contributed by atoms with Gasteiger partial charge >= 0.3 is 0 Å². The van der Waals surface area contributed by atoms with Crippen LogP contribution in [0.25, 0.3) is 0 Å². The maximum Gasteiger partial charge on any atom is 0.0833 e. The van der Waals surface area contributed by atoms with Crippen LogP contribution in [0.3, 0.4) is 0 Å². The van der Waals surface area contributed by atoms with Crippen molar-refractivity contribution in [2.45, 2.75) is 31.5 Å². The Morgan fingerprint density at radius 2 is 1.52 bits per heavy atom. The molecule has 2 aliphatic heterocycles. The summed E-state index contributed by atoms with van der Waals surface area (Å²) in [4.78, 5) is 13.5. The molecule has 25 heavy (non-hydrogen) atoms. The molecule has 1 spiro atoms. The highest BCUT2D eigenvalue weighted by atomic mass is 16.5. The van der Waals surface area contributed by atoms with E-state index >= 15 is 0 Å². The van der Waals surface area contributed by atoms with E-state index in [1.165, 1.54) is 11.1 Å². The van der Waals surface area contributed by atoms with Crippen LogP contribution in [0.2, 0.25) is 0 Å². The van der Waals surface area contributed by atoms with Gasteiger partial charge < -0.3 is 4.74 Å². The van der Waals surface area contributed by atoms with Crippen molar-refractivity contribution in [1.82, 2.24) is 19.8 Å². The van der Waals surface area contributed by atoms with Crippen molar-refractivity contribution in [3.63, 3.8) is 0 Å². The van der Waals surface area contributed by atoms with E-state index in [1.807, 2.05) is 36.9 Å². The topological polar surface area (TPSA) is 41.5 Å². The average molecular weight is 338 g/mol. The Morgan fingerprint density at radius 3 is 2.12 bits per heavy atom. The number of piperidine rings is 1. The molecule has 2 fully saturated rings. The molecule has 5 heteroatoms. The molecular formula is C20H26N4O. The van der Waals surface area contributed by atoms with Gasteiger partial charge in [0.05, 0.1) is 12.2 Å². The number of ether oxygens (including phenoxy) is 1. The van der Waals surface area contributed by atoms with Gasteiger partial charge in [0, 0.05) is 64.1 Å². The van der Waals surface area contributed by atoms with E-state index in [1.54, 1.807) is 0 Å². The fourth-order valence-corrected chi connectivity index (χ4v) is 3.98. The van der Waals surface area contributed by atoms with Crippen molar-refractivity contribution in [3.05, 3.63) is 60.2 Å². The number of rotatable bonds is 4. The second-order valence-corrected chi connectivity index (χ2v) is 7.24. The molecule has 5 nitrogen and oxygen atoms in total. The van der Waals surface area contributed by atoms with Crippen LogP contribution in [-0.4, -0.2) is 58.2 Å². The van der Waals surface area contributed by atoms with Crippen molar-refractivity contribution in [3.8, 4) is 0 Å². The molecule has 0 radical (unpaired) electrons. The van der Waals surface area contributed by atoms with E-state index in [9.17, 15) is 0 Å². The zero-order valence-electron chi connectivity index (χ0n) is 14.7. The predicted molar refractivity (Wildman–Crippen MR) is 96.9 cm³/mol. The number of morpholine rings is 1. The Morgan fingerprint density at radius 1 is 0.880 bits per heavy atom. The molecule has 0 unspecified atom stereocenters. The second-order valence-electron chi connectivity index (χ2n) is 7.24. The van der Waals surface area contributed by atoms with Gasteiger partial charge in [0.15, 0.2) is 0 Å². The SMILES string of the molecule is c1cncc(CN2CCC3(CC2)CN(Cc2cccnc2)CCO3)c1. The predicted octanol–water partition coefficient (Wildman–Crippen LogP) is 2.34. The summed E-state index contributed by atoms with van der Waals surface area (Å²) in [5.41, 5.74) is 2.61. The largest absolute Gasteiger partial charge is 0.372 e. The van der Waals surface area contributed by atoms with Gasteiger partial charge in [-0.25, -0.2) is 0 Å². The lowest BCUT2D eigenvalue weighted by Crippen LogP contribution is -2.56. The molecule has 2 aliphatic rings. The van der Waals surface area contributed by atoms with Crippen LogP contribution in [-0.2, 0) is 17.8 Å². The summed E-state index contributed by atoms with van der Waals surface area (Å²) in [5, 5.41) is 0. The third kappa shape index (κ3) is 4.24. The van der Waals surface area contributed by atoms with E-state index < -0.39 is 0 Å². The third-order valence-electron chi connectivity index (χ3n) is 5.35. The van der Waals surface area contributed by atoms with Gasteiger partial charge in [-0.15, -0.1) is 0 Å². The summed E-state index contributed by atoms with van der Waals surface area (Å²) in [6.07, 6.45) is 9.83. The van der Waals surface area contributed by atoms with Crippen LogP contribution >= 0.6 is 0 Å². The van der Waals surface area contributed by atoms with E-state index in [4.69, 9.17) is 4.74 Å². The van der Waals surface area contributed by atoms with Crippen molar-refractivity contribution in [2.24, 2.45) is 0 Å². The van der Waals surface area contributed by atoms with Crippen LogP contribution in [0.1, 0.15) is 24.0 Å². The maximum atomic E-state index is 6.28. The summed E-state index contributed by atoms with van der Waals surface area (Å²) >= 11 is 0. The van der Waals surface area contributed by atoms with Gasteiger partial charge in [0.25, 0.3) is 0 Å².